The zero-order valence-electron chi connectivity index (χ0n) is 13.1. The molecule has 0 fully saturated rings. The fourth-order valence-electron chi connectivity index (χ4n) is 1.99. The average molecular weight is 372 g/mol. The monoisotopic (exact) mass is 371 g/mol. The van der Waals surface area contributed by atoms with Crippen molar-refractivity contribution in [1.29, 1.82) is 0 Å². The first kappa shape index (κ1) is 18.5. The van der Waals surface area contributed by atoms with Gasteiger partial charge in [0.25, 0.3) is 0 Å². The Morgan fingerprint density at radius 1 is 1.50 bits per heavy atom. The topological polar surface area (TPSA) is 67.8 Å². The molecule has 2 N–H and O–H groups in total. The van der Waals surface area contributed by atoms with Gasteiger partial charge in [-0.1, -0.05) is 26.5 Å². The molecule has 1 aromatic rings. The molecule has 1 atom stereocenters. The van der Waals surface area contributed by atoms with Crippen LogP contribution in [-0.2, 0) is 11.3 Å². The zero-order chi connectivity index (χ0) is 16.7. The van der Waals surface area contributed by atoms with E-state index in [2.05, 4.69) is 27.8 Å². The van der Waals surface area contributed by atoms with Gasteiger partial charge in [-0.2, -0.15) is 0 Å². The van der Waals surface area contributed by atoms with Crippen molar-refractivity contribution in [2.75, 3.05) is 13.7 Å². The van der Waals surface area contributed by atoms with E-state index in [4.69, 9.17) is 9.47 Å². The van der Waals surface area contributed by atoms with Crippen molar-refractivity contribution in [2.45, 2.75) is 26.4 Å². The predicted molar refractivity (Wildman–Crippen MR) is 89.5 cm³/mol. The highest BCUT2D eigenvalue weighted by molar-refractivity contribution is 9.10. The molecule has 0 unspecified atom stereocenters. The summed E-state index contributed by atoms with van der Waals surface area (Å²) < 4.78 is 11.6. The molecule has 0 aliphatic heterocycles. The van der Waals surface area contributed by atoms with Crippen molar-refractivity contribution < 1.29 is 19.4 Å². The van der Waals surface area contributed by atoms with Crippen molar-refractivity contribution in [1.82, 2.24) is 5.32 Å². The van der Waals surface area contributed by atoms with Crippen LogP contribution in [0.5, 0.6) is 11.5 Å². The Morgan fingerprint density at radius 3 is 2.68 bits per heavy atom. The van der Waals surface area contributed by atoms with Crippen LogP contribution in [0.15, 0.2) is 29.3 Å². The van der Waals surface area contributed by atoms with Crippen LogP contribution in [0.3, 0.4) is 0 Å². The maximum absolute atomic E-state index is 11.2. The lowest BCUT2D eigenvalue weighted by Gasteiger charge is -2.19. The summed E-state index contributed by atoms with van der Waals surface area (Å²) in [7, 11) is 1.56. The van der Waals surface area contributed by atoms with E-state index in [1.165, 1.54) is 0 Å². The summed E-state index contributed by atoms with van der Waals surface area (Å²) in [6.45, 7) is 8.15. The second-order valence-electron chi connectivity index (χ2n) is 5.15. The molecule has 0 radical (unpaired) electrons. The van der Waals surface area contributed by atoms with Gasteiger partial charge >= 0.3 is 5.97 Å². The van der Waals surface area contributed by atoms with Gasteiger partial charge in [-0.3, -0.25) is 4.79 Å². The number of methoxy groups -OCH3 is 1. The zero-order valence-corrected chi connectivity index (χ0v) is 14.6. The van der Waals surface area contributed by atoms with Crippen LogP contribution in [0.4, 0.5) is 0 Å². The molecule has 0 bridgehead atoms. The third-order valence-corrected chi connectivity index (χ3v) is 3.68. The van der Waals surface area contributed by atoms with Gasteiger partial charge in [0.05, 0.1) is 11.6 Å². The number of benzene rings is 1. The van der Waals surface area contributed by atoms with Crippen LogP contribution in [0, 0.1) is 5.92 Å². The fourth-order valence-corrected chi connectivity index (χ4v) is 2.60. The van der Waals surface area contributed by atoms with Gasteiger partial charge in [-0.25, -0.2) is 0 Å². The van der Waals surface area contributed by atoms with Crippen LogP contribution < -0.4 is 14.8 Å². The summed E-state index contributed by atoms with van der Waals surface area (Å²) in [5, 5.41) is 12.2. The average Bonchev–Trinajstić information content (AvgIpc) is 2.45. The van der Waals surface area contributed by atoms with Gasteiger partial charge < -0.3 is 19.9 Å². The van der Waals surface area contributed by atoms with Crippen molar-refractivity contribution in [3.05, 3.63) is 34.8 Å². The first-order valence-corrected chi connectivity index (χ1v) is 7.76. The molecule has 122 valence electrons. The van der Waals surface area contributed by atoms with Crippen molar-refractivity contribution in [3.63, 3.8) is 0 Å². The quantitative estimate of drug-likeness (QED) is 0.652. The number of ether oxygens (including phenoxy) is 2. The number of aliphatic carboxylic acids is 1. The van der Waals surface area contributed by atoms with E-state index in [0.717, 1.165) is 10.0 Å². The number of carboxylic acid groups (broad SMARTS) is 1. The maximum Gasteiger partial charge on any atom is 0.320 e. The third-order valence-electron chi connectivity index (χ3n) is 3.09. The molecule has 1 rings (SSSR count). The minimum atomic E-state index is -0.855. The largest absolute Gasteiger partial charge is 0.493 e. The lowest BCUT2D eigenvalue weighted by molar-refractivity contribution is -0.140. The van der Waals surface area contributed by atoms with E-state index in [0.29, 0.717) is 24.7 Å². The third kappa shape index (κ3) is 5.03. The lowest BCUT2D eigenvalue weighted by atomic mass is 10.0. The molecule has 0 aliphatic rings. The number of hydrogen-bond donors (Lipinski definition) is 2. The van der Waals surface area contributed by atoms with E-state index in [1.54, 1.807) is 13.2 Å². The Labute approximate surface area is 139 Å². The SMILES string of the molecule is C=CCOc1c(Br)cc(CN[C@@H](C(=O)O)C(C)C)cc1OC. The lowest BCUT2D eigenvalue weighted by Crippen LogP contribution is -2.40. The molecule has 1 aromatic carbocycles. The Bertz CT molecular complexity index is 531. The van der Waals surface area contributed by atoms with E-state index in [-0.39, 0.29) is 5.92 Å². The number of carbonyl (C=O) groups is 1. The molecular formula is C16H22BrNO4. The van der Waals surface area contributed by atoms with Crippen LogP contribution in [0.1, 0.15) is 19.4 Å². The van der Waals surface area contributed by atoms with Gasteiger partial charge in [-0.15, -0.1) is 0 Å². The highest BCUT2D eigenvalue weighted by Crippen LogP contribution is 2.36. The smallest absolute Gasteiger partial charge is 0.320 e. The minimum absolute atomic E-state index is 0.00182. The van der Waals surface area contributed by atoms with Gasteiger partial charge in [0.1, 0.15) is 12.6 Å². The van der Waals surface area contributed by atoms with Crippen LogP contribution in [0.2, 0.25) is 0 Å². The fraction of sp³-hybridized carbons (Fsp3) is 0.438. The summed E-state index contributed by atoms with van der Waals surface area (Å²) in [6.07, 6.45) is 1.65. The number of halogens is 1. The minimum Gasteiger partial charge on any atom is -0.493 e. The first-order valence-electron chi connectivity index (χ1n) is 6.97. The van der Waals surface area contributed by atoms with E-state index < -0.39 is 12.0 Å². The second-order valence-corrected chi connectivity index (χ2v) is 6.00. The Balaban J connectivity index is 2.90. The highest BCUT2D eigenvalue weighted by Gasteiger charge is 2.21. The van der Waals surface area contributed by atoms with Gasteiger partial charge in [0, 0.05) is 6.54 Å². The Morgan fingerprint density at radius 2 is 2.18 bits per heavy atom. The predicted octanol–water partition coefficient (Wildman–Crippen LogP) is 3.22. The van der Waals surface area contributed by atoms with Crippen LogP contribution in [-0.4, -0.2) is 30.8 Å². The van der Waals surface area contributed by atoms with Gasteiger partial charge in [0.2, 0.25) is 0 Å². The summed E-state index contributed by atoms with van der Waals surface area (Å²) >= 11 is 3.45. The van der Waals surface area contributed by atoms with Crippen molar-refractivity contribution in [3.8, 4) is 11.5 Å². The first-order chi connectivity index (χ1) is 10.4. The normalized spacial score (nSPS) is 12.0. The molecule has 6 heteroatoms. The van der Waals surface area contributed by atoms with Crippen LogP contribution in [0.25, 0.3) is 0 Å². The molecule has 0 heterocycles. The van der Waals surface area contributed by atoms with E-state index >= 15 is 0 Å². The molecule has 22 heavy (non-hydrogen) atoms. The van der Waals surface area contributed by atoms with Crippen molar-refractivity contribution >= 4 is 21.9 Å². The molecule has 0 amide bonds. The molecular weight excluding hydrogens is 350 g/mol. The number of nitrogens with one attached hydrogen (secondary N) is 1. The number of carboxylic acids is 1. The summed E-state index contributed by atoms with van der Waals surface area (Å²) in [5.74, 6) is 0.333. The molecule has 0 spiro atoms. The molecule has 5 nitrogen and oxygen atoms in total. The molecule has 0 saturated heterocycles. The summed E-state index contributed by atoms with van der Waals surface area (Å²) in [6, 6.07) is 3.12. The Hall–Kier alpha value is -1.53. The number of rotatable bonds is 9. The number of hydrogen-bond acceptors (Lipinski definition) is 4. The molecule has 0 aromatic heterocycles. The van der Waals surface area contributed by atoms with Gasteiger partial charge in [0.15, 0.2) is 11.5 Å². The van der Waals surface area contributed by atoms with Crippen molar-refractivity contribution in [2.24, 2.45) is 5.92 Å². The van der Waals surface area contributed by atoms with E-state index in [1.807, 2.05) is 26.0 Å². The van der Waals surface area contributed by atoms with Gasteiger partial charge in [-0.05, 0) is 39.5 Å². The summed E-state index contributed by atoms with van der Waals surface area (Å²) in [4.78, 5) is 11.2. The Kier molecular flexibility index (Phi) is 7.41. The molecule has 0 saturated carbocycles. The maximum atomic E-state index is 11.2. The van der Waals surface area contributed by atoms with E-state index in [9.17, 15) is 9.90 Å². The second kappa shape index (κ2) is 8.80. The molecule has 0 aliphatic carbocycles. The highest BCUT2D eigenvalue weighted by atomic mass is 79.9. The summed E-state index contributed by atoms with van der Waals surface area (Å²) in [5.41, 5.74) is 0.904. The van der Waals surface area contributed by atoms with Crippen LogP contribution >= 0.6 is 15.9 Å². The standard InChI is InChI=1S/C16H22BrNO4/c1-5-6-22-15-12(17)7-11(8-13(15)21-4)9-18-14(10(2)3)16(19)20/h5,7-8,10,14,18H,1,6,9H2,2-4H3,(H,19,20)/t14-/m1/s1.